The van der Waals surface area contributed by atoms with Crippen molar-refractivity contribution in [3.8, 4) is 0 Å². The lowest BCUT2D eigenvalue weighted by molar-refractivity contribution is -0.132. The fourth-order valence-corrected chi connectivity index (χ4v) is 2.58. The molecule has 108 valence electrons. The molecule has 2 aromatic rings. The summed E-state index contributed by atoms with van der Waals surface area (Å²) in [5.41, 5.74) is 2.61. The van der Waals surface area contributed by atoms with Gasteiger partial charge in [-0.2, -0.15) is 0 Å². The lowest BCUT2D eigenvalue weighted by Crippen LogP contribution is -2.36. The van der Waals surface area contributed by atoms with Gasteiger partial charge in [-0.1, -0.05) is 18.2 Å². The summed E-state index contributed by atoms with van der Waals surface area (Å²) >= 11 is 0. The number of amides is 1. The third-order valence-electron chi connectivity index (χ3n) is 3.78. The van der Waals surface area contributed by atoms with Crippen LogP contribution in [-0.4, -0.2) is 27.3 Å². The number of hydrogen-bond acceptors (Lipinski definition) is 3. The molecule has 2 heterocycles. The summed E-state index contributed by atoms with van der Waals surface area (Å²) in [6.45, 7) is 1.21. The first kappa shape index (κ1) is 13.7. The first-order chi connectivity index (χ1) is 10.2. The normalized spacial score (nSPS) is 13.9. The maximum absolute atomic E-state index is 13.5. The maximum atomic E-state index is 13.5. The molecule has 0 radical (unpaired) electrons. The van der Waals surface area contributed by atoms with Gasteiger partial charge in [-0.15, -0.1) is 0 Å². The SMILES string of the molecule is O=C(CCc1ccccc1F)N1CCc2ncncc2C1. The Balaban J connectivity index is 1.61. The monoisotopic (exact) mass is 285 g/mol. The van der Waals surface area contributed by atoms with E-state index in [0.29, 0.717) is 31.5 Å². The summed E-state index contributed by atoms with van der Waals surface area (Å²) in [6, 6.07) is 6.59. The van der Waals surface area contributed by atoms with Gasteiger partial charge < -0.3 is 4.90 Å². The highest BCUT2D eigenvalue weighted by molar-refractivity contribution is 5.76. The Bertz CT molecular complexity index is 659. The number of halogens is 1. The smallest absolute Gasteiger partial charge is 0.223 e. The predicted molar refractivity (Wildman–Crippen MR) is 75.9 cm³/mol. The lowest BCUT2D eigenvalue weighted by Gasteiger charge is -2.27. The van der Waals surface area contributed by atoms with Gasteiger partial charge in [-0.25, -0.2) is 14.4 Å². The molecule has 0 saturated heterocycles. The van der Waals surface area contributed by atoms with E-state index in [-0.39, 0.29) is 11.7 Å². The standard InChI is InChI=1S/C16H16FN3O/c17-14-4-2-1-3-12(14)5-6-16(21)20-8-7-15-13(10-20)9-18-11-19-15/h1-4,9,11H,5-8,10H2. The van der Waals surface area contributed by atoms with Crippen molar-refractivity contribution < 1.29 is 9.18 Å². The van der Waals surface area contributed by atoms with E-state index >= 15 is 0 Å². The Morgan fingerprint density at radius 1 is 1.33 bits per heavy atom. The number of hydrogen-bond donors (Lipinski definition) is 0. The van der Waals surface area contributed by atoms with Crippen molar-refractivity contribution in [1.82, 2.24) is 14.9 Å². The van der Waals surface area contributed by atoms with Crippen molar-refractivity contribution in [3.05, 3.63) is 59.4 Å². The van der Waals surface area contributed by atoms with Gasteiger partial charge in [0.15, 0.2) is 0 Å². The van der Waals surface area contributed by atoms with E-state index in [0.717, 1.165) is 17.7 Å². The van der Waals surface area contributed by atoms with Gasteiger partial charge in [-0.05, 0) is 18.1 Å². The van der Waals surface area contributed by atoms with Crippen LogP contribution in [0.4, 0.5) is 4.39 Å². The van der Waals surface area contributed by atoms with E-state index in [9.17, 15) is 9.18 Å². The van der Waals surface area contributed by atoms with Crippen LogP contribution in [0.5, 0.6) is 0 Å². The van der Waals surface area contributed by atoms with Gasteiger partial charge in [0.1, 0.15) is 12.1 Å². The molecule has 3 rings (SSSR count). The highest BCUT2D eigenvalue weighted by atomic mass is 19.1. The first-order valence-electron chi connectivity index (χ1n) is 7.03. The number of carbonyl (C=O) groups is 1. The van der Waals surface area contributed by atoms with Gasteiger partial charge in [-0.3, -0.25) is 4.79 Å². The van der Waals surface area contributed by atoms with Crippen LogP contribution >= 0.6 is 0 Å². The molecule has 0 N–H and O–H groups in total. The number of fused-ring (bicyclic) bond motifs is 1. The van der Waals surface area contributed by atoms with Crippen molar-refractivity contribution in [3.63, 3.8) is 0 Å². The largest absolute Gasteiger partial charge is 0.338 e. The topological polar surface area (TPSA) is 46.1 Å². The summed E-state index contributed by atoms with van der Waals surface area (Å²) < 4.78 is 13.5. The Kier molecular flexibility index (Phi) is 3.90. The summed E-state index contributed by atoms with van der Waals surface area (Å²) in [5.74, 6) is -0.199. The average molecular weight is 285 g/mol. The molecule has 1 amide bonds. The number of carbonyl (C=O) groups excluding carboxylic acids is 1. The van der Waals surface area contributed by atoms with Crippen LogP contribution in [0.3, 0.4) is 0 Å². The summed E-state index contributed by atoms with van der Waals surface area (Å²) in [7, 11) is 0. The van der Waals surface area contributed by atoms with Crippen LogP contribution in [0.25, 0.3) is 0 Å². The van der Waals surface area contributed by atoms with Gasteiger partial charge in [0.05, 0.1) is 5.69 Å². The van der Waals surface area contributed by atoms with Crippen LogP contribution in [0.1, 0.15) is 23.2 Å². The van der Waals surface area contributed by atoms with Crippen LogP contribution in [-0.2, 0) is 24.2 Å². The molecule has 21 heavy (non-hydrogen) atoms. The second-order valence-corrected chi connectivity index (χ2v) is 5.15. The second-order valence-electron chi connectivity index (χ2n) is 5.15. The summed E-state index contributed by atoms with van der Waals surface area (Å²) in [6.07, 6.45) is 4.81. The second kappa shape index (κ2) is 5.99. The van der Waals surface area contributed by atoms with Gasteiger partial charge in [0.25, 0.3) is 0 Å². The number of aryl methyl sites for hydroxylation is 1. The van der Waals surface area contributed by atoms with E-state index < -0.39 is 0 Å². The van der Waals surface area contributed by atoms with Gasteiger partial charge in [0, 0.05) is 37.7 Å². The first-order valence-corrected chi connectivity index (χ1v) is 7.03. The van der Waals surface area contributed by atoms with Crippen molar-refractivity contribution in [2.24, 2.45) is 0 Å². The fourth-order valence-electron chi connectivity index (χ4n) is 2.58. The van der Waals surface area contributed by atoms with Crippen molar-refractivity contribution >= 4 is 5.91 Å². The maximum Gasteiger partial charge on any atom is 0.223 e. The Labute approximate surface area is 122 Å². The highest BCUT2D eigenvalue weighted by Gasteiger charge is 2.21. The molecule has 0 atom stereocenters. The molecule has 5 heteroatoms. The van der Waals surface area contributed by atoms with Crippen molar-refractivity contribution in [2.45, 2.75) is 25.8 Å². The fraction of sp³-hybridized carbons (Fsp3) is 0.312. The molecule has 1 aliphatic heterocycles. The molecule has 4 nitrogen and oxygen atoms in total. The molecule has 0 bridgehead atoms. The highest BCUT2D eigenvalue weighted by Crippen LogP contribution is 2.17. The average Bonchev–Trinajstić information content (AvgIpc) is 2.53. The van der Waals surface area contributed by atoms with Crippen molar-refractivity contribution in [1.29, 1.82) is 0 Å². The zero-order valence-electron chi connectivity index (χ0n) is 11.6. The van der Waals surface area contributed by atoms with Crippen LogP contribution in [0.15, 0.2) is 36.8 Å². The molecular formula is C16H16FN3O. The van der Waals surface area contributed by atoms with E-state index in [1.165, 1.54) is 12.4 Å². The minimum absolute atomic E-state index is 0.0488. The number of rotatable bonds is 3. The van der Waals surface area contributed by atoms with E-state index in [1.54, 1.807) is 29.3 Å². The molecule has 1 aromatic heterocycles. The molecule has 0 fully saturated rings. The zero-order valence-corrected chi connectivity index (χ0v) is 11.6. The minimum atomic E-state index is -0.248. The van der Waals surface area contributed by atoms with Gasteiger partial charge >= 0.3 is 0 Å². The van der Waals surface area contributed by atoms with E-state index in [1.807, 2.05) is 0 Å². The quantitative estimate of drug-likeness (QED) is 0.868. The molecule has 0 aliphatic carbocycles. The lowest BCUT2D eigenvalue weighted by atomic mass is 10.1. The summed E-state index contributed by atoms with van der Waals surface area (Å²) in [5, 5.41) is 0. The van der Waals surface area contributed by atoms with Crippen molar-refractivity contribution in [2.75, 3.05) is 6.54 Å². The molecule has 0 unspecified atom stereocenters. The predicted octanol–water partition coefficient (Wildman–Crippen LogP) is 2.13. The minimum Gasteiger partial charge on any atom is -0.338 e. The third-order valence-corrected chi connectivity index (χ3v) is 3.78. The number of aromatic nitrogens is 2. The molecule has 0 spiro atoms. The van der Waals surface area contributed by atoms with Gasteiger partial charge in [0.2, 0.25) is 5.91 Å². The third kappa shape index (κ3) is 3.07. The van der Waals surface area contributed by atoms with Crippen LogP contribution in [0, 0.1) is 5.82 Å². The molecule has 1 aromatic carbocycles. The Hall–Kier alpha value is -2.30. The Morgan fingerprint density at radius 3 is 3.05 bits per heavy atom. The van der Waals surface area contributed by atoms with E-state index in [4.69, 9.17) is 0 Å². The molecule has 0 saturated carbocycles. The zero-order chi connectivity index (χ0) is 14.7. The number of nitrogens with zero attached hydrogens (tertiary/aromatic N) is 3. The Morgan fingerprint density at radius 2 is 2.19 bits per heavy atom. The molecular weight excluding hydrogens is 269 g/mol. The van der Waals surface area contributed by atoms with E-state index in [2.05, 4.69) is 9.97 Å². The summed E-state index contributed by atoms with van der Waals surface area (Å²) in [4.78, 5) is 22.3. The number of benzene rings is 1. The van der Waals surface area contributed by atoms with Crippen LogP contribution < -0.4 is 0 Å². The van der Waals surface area contributed by atoms with Crippen LogP contribution in [0.2, 0.25) is 0 Å². The molecule has 1 aliphatic rings.